The van der Waals surface area contributed by atoms with Gasteiger partial charge in [-0.25, -0.2) is 0 Å². The van der Waals surface area contributed by atoms with Crippen molar-refractivity contribution in [3.63, 3.8) is 0 Å². The molecule has 0 aliphatic carbocycles. The van der Waals surface area contributed by atoms with E-state index >= 15 is 0 Å². The van der Waals surface area contributed by atoms with E-state index in [0.29, 0.717) is 11.1 Å². The van der Waals surface area contributed by atoms with Gasteiger partial charge in [0.15, 0.2) is 0 Å². The molecule has 0 atom stereocenters. The average Bonchev–Trinajstić information content (AvgIpc) is 3.19. The molecule has 2 aliphatic heterocycles. The zero-order valence-electron chi connectivity index (χ0n) is 20.6. The van der Waals surface area contributed by atoms with Crippen LogP contribution in [0.15, 0.2) is 72.8 Å². The van der Waals surface area contributed by atoms with Crippen molar-refractivity contribution in [2.75, 3.05) is 0 Å². The Morgan fingerprint density at radius 1 is 0.455 bits per heavy atom. The highest BCUT2D eigenvalue weighted by Gasteiger charge is 2.64. The molecule has 2 bridgehead atoms. The molecule has 0 N–H and O–H groups in total. The fraction of sp³-hybridized carbons (Fsp3) is 0.250. The molecule has 0 radical (unpaired) electrons. The Morgan fingerprint density at radius 3 is 1.00 bits per heavy atom. The van der Waals surface area contributed by atoms with Gasteiger partial charge in [0, 0.05) is 11.1 Å². The number of benzene rings is 4. The summed E-state index contributed by atoms with van der Waals surface area (Å²) in [6.45, 7) is 14.0. The molecule has 0 unspecified atom stereocenters. The van der Waals surface area contributed by atoms with E-state index < -0.39 is 8.07 Å². The zero-order valence-corrected chi connectivity index (χ0v) is 21.6. The van der Waals surface area contributed by atoms with Crippen molar-refractivity contribution in [1.29, 1.82) is 0 Å². The molecule has 2 aliphatic rings. The summed E-state index contributed by atoms with van der Waals surface area (Å²) in [6, 6.07) is 28.5. The SMILES string of the molecule is Cc1cc(C)c([Si]2(c3c(C)cc(C)cc3C)C3c4ccccc4C2c2ccccc23)c(C)c1. The zero-order chi connectivity index (χ0) is 23.1. The second-order valence-corrected chi connectivity index (χ2v) is 14.4. The number of rotatable bonds is 2. The van der Waals surface area contributed by atoms with Crippen LogP contribution in [0.4, 0.5) is 0 Å². The highest BCUT2D eigenvalue weighted by molar-refractivity contribution is 7.07. The summed E-state index contributed by atoms with van der Waals surface area (Å²) in [5, 5.41) is 3.34. The molecular formula is C32H32Si. The van der Waals surface area contributed by atoms with Crippen molar-refractivity contribution < 1.29 is 0 Å². The minimum absolute atomic E-state index is 0.468. The van der Waals surface area contributed by atoms with Crippen LogP contribution in [0, 0.1) is 41.5 Å². The highest BCUT2D eigenvalue weighted by Crippen LogP contribution is 2.60. The van der Waals surface area contributed by atoms with Gasteiger partial charge in [-0.1, -0.05) is 106 Å². The van der Waals surface area contributed by atoms with Crippen LogP contribution in [-0.2, 0) is 0 Å². The predicted molar refractivity (Wildman–Crippen MR) is 143 cm³/mol. The number of aryl methyl sites for hydroxylation is 6. The summed E-state index contributed by atoms with van der Waals surface area (Å²) >= 11 is 0. The summed E-state index contributed by atoms with van der Waals surface area (Å²) in [5.74, 6) is 0. The van der Waals surface area contributed by atoms with Gasteiger partial charge in [0.2, 0.25) is 0 Å². The van der Waals surface area contributed by atoms with E-state index in [1.807, 2.05) is 0 Å². The molecule has 0 fully saturated rings. The summed E-state index contributed by atoms with van der Waals surface area (Å²) in [6.07, 6.45) is 0. The van der Waals surface area contributed by atoms with Gasteiger partial charge < -0.3 is 0 Å². The molecule has 4 aromatic rings. The van der Waals surface area contributed by atoms with Crippen LogP contribution in [-0.4, -0.2) is 8.07 Å². The van der Waals surface area contributed by atoms with Crippen molar-refractivity contribution in [1.82, 2.24) is 0 Å². The number of fused-ring (bicyclic) bond motifs is 8. The van der Waals surface area contributed by atoms with Crippen LogP contribution in [0.5, 0.6) is 0 Å². The van der Waals surface area contributed by atoms with Gasteiger partial charge in [0.25, 0.3) is 0 Å². The summed E-state index contributed by atoms with van der Waals surface area (Å²) in [4.78, 5) is 0. The van der Waals surface area contributed by atoms with E-state index in [-0.39, 0.29) is 0 Å². The molecule has 2 heterocycles. The second kappa shape index (κ2) is 7.05. The molecular weight excluding hydrogens is 412 g/mol. The molecule has 6 rings (SSSR count). The molecule has 164 valence electrons. The normalized spacial score (nSPS) is 19.5. The molecule has 33 heavy (non-hydrogen) atoms. The van der Waals surface area contributed by atoms with E-state index in [0.717, 1.165) is 0 Å². The van der Waals surface area contributed by atoms with Gasteiger partial charge in [-0.15, -0.1) is 0 Å². The van der Waals surface area contributed by atoms with Crippen molar-refractivity contribution in [3.05, 3.63) is 128 Å². The Hall–Kier alpha value is -2.90. The number of hydrogen-bond donors (Lipinski definition) is 0. The molecule has 0 nitrogen and oxygen atoms in total. The Bertz CT molecular complexity index is 1240. The first-order valence-corrected chi connectivity index (χ1v) is 14.4. The van der Waals surface area contributed by atoms with Crippen LogP contribution >= 0.6 is 0 Å². The van der Waals surface area contributed by atoms with Gasteiger partial charge in [-0.3, -0.25) is 0 Å². The van der Waals surface area contributed by atoms with E-state index in [1.54, 1.807) is 32.6 Å². The lowest BCUT2D eigenvalue weighted by molar-refractivity contribution is 1.04. The highest BCUT2D eigenvalue weighted by atomic mass is 28.3. The van der Waals surface area contributed by atoms with Gasteiger partial charge in [0.1, 0.15) is 8.07 Å². The number of hydrogen-bond acceptors (Lipinski definition) is 0. The maximum Gasteiger partial charge on any atom is 0.142 e. The Balaban J connectivity index is 1.83. The fourth-order valence-corrected chi connectivity index (χ4v) is 15.6. The first-order chi connectivity index (χ1) is 15.9. The third-order valence-electron chi connectivity index (χ3n) is 8.33. The van der Waals surface area contributed by atoms with E-state index in [4.69, 9.17) is 0 Å². The van der Waals surface area contributed by atoms with Crippen LogP contribution < -0.4 is 10.4 Å². The van der Waals surface area contributed by atoms with Gasteiger partial charge in [-0.2, -0.15) is 0 Å². The van der Waals surface area contributed by atoms with Crippen LogP contribution in [0.25, 0.3) is 0 Å². The Labute approximate surface area is 199 Å². The lowest BCUT2D eigenvalue weighted by atomic mass is 9.86. The third kappa shape index (κ3) is 2.57. The van der Waals surface area contributed by atoms with E-state index in [1.165, 1.54) is 33.4 Å². The third-order valence-corrected chi connectivity index (χ3v) is 14.6. The molecule has 0 saturated carbocycles. The molecule has 0 spiro atoms. The van der Waals surface area contributed by atoms with Crippen molar-refractivity contribution in [2.45, 2.75) is 52.6 Å². The minimum Gasteiger partial charge on any atom is -0.0620 e. The van der Waals surface area contributed by atoms with Gasteiger partial charge in [0.05, 0.1) is 0 Å². The van der Waals surface area contributed by atoms with Crippen molar-refractivity contribution in [3.8, 4) is 0 Å². The lowest BCUT2D eigenvalue weighted by Crippen LogP contribution is -2.65. The maximum atomic E-state index is 2.43. The Kier molecular flexibility index (Phi) is 4.42. The first kappa shape index (κ1) is 20.7. The lowest BCUT2D eigenvalue weighted by Gasteiger charge is -2.39. The topological polar surface area (TPSA) is 0 Å². The fourth-order valence-electron chi connectivity index (χ4n) is 7.92. The van der Waals surface area contributed by atoms with Crippen LogP contribution in [0.1, 0.15) is 66.7 Å². The van der Waals surface area contributed by atoms with Crippen LogP contribution in [0.3, 0.4) is 0 Å². The molecule has 0 amide bonds. The molecule has 0 aromatic heterocycles. The summed E-state index contributed by atoms with van der Waals surface area (Å²) in [7, 11) is -2.31. The molecule has 0 saturated heterocycles. The quantitative estimate of drug-likeness (QED) is 0.311. The molecule has 1 heteroatoms. The van der Waals surface area contributed by atoms with E-state index in [9.17, 15) is 0 Å². The van der Waals surface area contributed by atoms with Crippen molar-refractivity contribution in [2.24, 2.45) is 0 Å². The van der Waals surface area contributed by atoms with Crippen molar-refractivity contribution >= 4 is 18.4 Å². The summed E-state index contributed by atoms with van der Waals surface area (Å²) in [5.41, 5.74) is 15.9. The van der Waals surface area contributed by atoms with Crippen LogP contribution in [0.2, 0.25) is 0 Å². The standard InChI is InChI=1S/C32H32Si/c1-19-15-21(3)29(22(4)16-19)33(30-23(5)17-20(2)18-24(30)6)31-25-11-7-8-12-26(25)32(33)28-14-10-9-13-27(28)31/h7-18,31-32H,1-6H3. The first-order valence-electron chi connectivity index (χ1n) is 12.2. The van der Waals surface area contributed by atoms with Gasteiger partial charge in [-0.05, 0) is 74.2 Å². The van der Waals surface area contributed by atoms with E-state index in [2.05, 4.69) is 114 Å². The maximum absolute atomic E-state index is 2.43. The second-order valence-electron chi connectivity index (χ2n) is 10.5. The molecule has 4 aromatic carbocycles. The minimum atomic E-state index is -2.31. The Morgan fingerprint density at radius 2 is 0.727 bits per heavy atom. The largest absolute Gasteiger partial charge is 0.142 e. The smallest absolute Gasteiger partial charge is 0.0620 e. The van der Waals surface area contributed by atoms with Gasteiger partial charge >= 0.3 is 0 Å². The average molecular weight is 445 g/mol. The summed E-state index contributed by atoms with van der Waals surface area (Å²) < 4.78 is 0. The predicted octanol–water partition coefficient (Wildman–Crippen LogP) is 6.47. The monoisotopic (exact) mass is 444 g/mol.